The zero-order valence-electron chi connectivity index (χ0n) is 25.6. The molecular formula is C32H34N6O8S. The highest BCUT2D eigenvalue weighted by atomic mass is 32.2. The van der Waals surface area contributed by atoms with Crippen molar-refractivity contribution in [2.45, 2.75) is 55.7 Å². The van der Waals surface area contributed by atoms with E-state index in [0.717, 1.165) is 21.4 Å². The van der Waals surface area contributed by atoms with Crippen molar-refractivity contribution in [1.82, 2.24) is 15.2 Å². The monoisotopic (exact) mass is 662 g/mol. The molecule has 14 nitrogen and oxygen atoms in total. The van der Waals surface area contributed by atoms with Crippen molar-refractivity contribution in [3.8, 4) is 0 Å². The van der Waals surface area contributed by atoms with Gasteiger partial charge in [-0.15, -0.1) is 0 Å². The Hall–Kier alpha value is -4.57. The number of hydrogen-bond donors (Lipinski definition) is 5. The van der Waals surface area contributed by atoms with E-state index in [1.54, 1.807) is 25.1 Å². The van der Waals surface area contributed by atoms with E-state index in [9.17, 15) is 29.1 Å². The molecule has 15 heteroatoms. The Morgan fingerprint density at radius 2 is 2.02 bits per heavy atom. The molecule has 1 aromatic heterocycles. The number of aromatic nitrogens is 1. The summed E-state index contributed by atoms with van der Waals surface area (Å²) in [6.07, 6.45) is 5.32. The van der Waals surface area contributed by atoms with Crippen LogP contribution in [0.3, 0.4) is 0 Å². The predicted molar refractivity (Wildman–Crippen MR) is 172 cm³/mol. The van der Waals surface area contributed by atoms with Crippen LogP contribution in [0.2, 0.25) is 0 Å². The molecule has 6 rings (SSSR count). The molecule has 0 spiro atoms. The van der Waals surface area contributed by atoms with Crippen molar-refractivity contribution >= 4 is 69.8 Å². The summed E-state index contributed by atoms with van der Waals surface area (Å²) >= 11 is 1.43. The highest BCUT2D eigenvalue weighted by Crippen LogP contribution is 2.48. The normalized spacial score (nSPS) is 19.9. The minimum Gasteiger partial charge on any atom is -0.387 e. The number of rotatable bonds is 12. The van der Waals surface area contributed by atoms with Crippen LogP contribution in [-0.2, 0) is 40.0 Å². The zero-order chi connectivity index (χ0) is 33.5. The number of thioether (sulfide) groups is 1. The summed E-state index contributed by atoms with van der Waals surface area (Å²) in [6.45, 7) is 1.84. The first kappa shape index (κ1) is 32.4. The van der Waals surface area contributed by atoms with Gasteiger partial charge in [0.05, 0.1) is 34.7 Å². The van der Waals surface area contributed by atoms with E-state index < -0.39 is 54.5 Å². The van der Waals surface area contributed by atoms with E-state index in [1.807, 2.05) is 16.4 Å². The van der Waals surface area contributed by atoms with Crippen molar-refractivity contribution in [1.29, 1.82) is 0 Å². The van der Waals surface area contributed by atoms with Gasteiger partial charge in [0.25, 0.3) is 0 Å². The van der Waals surface area contributed by atoms with Gasteiger partial charge in [0.2, 0.25) is 17.7 Å². The number of unbranched alkanes of at least 4 members (excludes halogenated alkanes) is 1. The number of nitrogens with one attached hydrogen (secondary N) is 2. The quantitative estimate of drug-likeness (QED) is 0.123. The first-order valence-electron chi connectivity index (χ1n) is 15.2. The lowest BCUT2D eigenvalue weighted by molar-refractivity contribution is -0.172. The van der Waals surface area contributed by atoms with Crippen LogP contribution < -0.4 is 22.1 Å². The minimum atomic E-state index is -1.93. The molecule has 4 aliphatic heterocycles. The third kappa shape index (κ3) is 5.91. The number of amides is 3. The molecule has 0 radical (unpaired) electrons. The highest BCUT2D eigenvalue weighted by Gasteiger charge is 2.50. The van der Waals surface area contributed by atoms with Crippen molar-refractivity contribution in [2.75, 3.05) is 31.6 Å². The van der Waals surface area contributed by atoms with Crippen LogP contribution in [0.25, 0.3) is 22.7 Å². The smallest absolute Gasteiger partial charge is 0.350 e. The number of aliphatic hydroxyl groups is 1. The van der Waals surface area contributed by atoms with Crippen LogP contribution in [0, 0.1) is 0 Å². The standard InChI is InChI=1S/C32H34N6O8S/c1-2-32(44)19-11-23-27-17(12-38(23)13-18(19)30(42)46-31(32)43)16-8-10-47-28-21(7-6-20(36-27)26(16)28)37-29(41)22(5-3-4-9-33)35-25(40)15-45-14-24(34)39/h6-8,10-11,22,44H,2-5,9,12-15,33H2,1H3,(H2,34,39)(H,35,40)(H,37,41)/t22-,32-/m0/s1. The number of fused-ring (bicyclic) bond motifs is 4. The Bertz CT molecular complexity index is 1820. The van der Waals surface area contributed by atoms with Gasteiger partial charge in [0, 0.05) is 28.0 Å². The first-order chi connectivity index (χ1) is 22.5. The van der Waals surface area contributed by atoms with Crippen LogP contribution in [0.1, 0.15) is 49.4 Å². The molecule has 2 aromatic rings. The van der Waals surface area contributed by atoms with Crippen LogP contribution in [0.5, 0.6) is 0 Å². The Labute approximate surface area is 273 Å². The molecular weight excluding hydrogens is 628 g/mol. The fourth-order valence-electron chi connectivity index (χ4n) is 6.25. The number of carbonyl (C=O) groups is 5. The summed E-state index contributed by atoms with van der Waals surface area (Å²) < 4.78 is 9.89. The molecule has 5 heterocycles. The number of esters is 2. The Morgan fingerprint density at radius 3 is 2.77 bits per heavy atom. The van der Waals surface area contributed by atoms with Crippen LogP contribution in [-0.4, -0.2) is 82.6 Å². The lowest BCUT2D eigenvalue weighted by atomic mass is 9.83. The van der Waals surface area contributed by atoms with Crippen molar-refractivity contribution in [2.24, 2.45) is 11.5 Å². The number of hydrogen-bond acceptors (Lipinski definition) is 12. The molecule has 246 valence electrons. The molecule has 4 aliphatic rings. The van der Waals surface area contributed by atoms with Crippen LogP contribution in [0.4, 0.5) is 5.69 Å². The van der Waals surface area contributed by atoms with Gasteiger partial charge in [-0.25, -0.2) is 14.6 Å². The van der Waals surface area contributed by atoms with Gasteiger partial charge in [-0.3, -0.25) is 14.4 Å². The number of anilines is 1. The molecule has 0 bridgehead atoms. The number of nitrogens with zero attached hydrogens (tertiary/aromatic N) is 2. The predicted octanol–water partition coefficient (Wildman–Crippen LogP) is 1.06. The van der Waals surface area contributed by atoms with E-state index in [0.29, 0.717) is 54.9 Å². The first-order valence-corrected chi connectivity index (χ1v) is 16.1. The molecule has 1 aromatic carbocycles. The van der Waals surface area contributed by atoms with Crippen LogP contribution >= 0.6 is 11.8 Å². The Morgan fingerprint density at radius 1 is 1.21 bits per heavy atom. The third-order valence-electron chi connectivity index (χ3n) is 8.62. The summed E-state index contributed by atoms with van der Waals surface area (Å²) in [6, 6.07) is 2.68. The lowest BCUT2D eigenvalue weighted by Gasteiger charge is -2.36. The maximum Gasteiger partial charge on any atom is 0.350 e. The number of nitrogens with two attached hydrogens (primary N) is 2. The third-order valence-corrected chi connectivity index (χ3v) is 9.55. The number of ether oxygens (including phenoxy) is 2. The van der Waals surface area contributed by atoms with Gasteiger partial charge in [0.1, 0.15) is 19.3 Å². The minimum absolute atomic E-state index is 0.0451. The molecule has 7 N–H and O–H groups in total. The Balaban J connectivity index is 1.31. The molecule has 0 unspecified atom stereocenters. The molecule has 2 atom stereocenters. The average Bonchev–Trinajstić information content (AvgIpc) is 3.41. The fraction of sp³-hybridized carbons (Fsp3) is 0.375. The van der Waals surface area contributed by atoms with Gasteiger partial charge in [-0.2, -0.15) is 0 Å². The van der Waals surface area contributed by atoms with E-state index in [1.165, 1.54) is 11.8 Å². The van der Waals surface area contributed by atoms with E-state index in [4.69, 9.17) is 25.9 Å². The maximum absolute atomic E-state index is 13.5. The molecule has 0 saturated heterocycles. The number of cyclic esters (lactones) is 2. The molecule has 0 aliphatic carbocycles. The Kier molecular flexibility index (Phi) is 8.89. The lowest BCUT2D eigenvalue weighted by Crippen LogP contribution is -2.49. The maximum atomic E-state index is 13.5. The van der Waals surface area contributed by atoms with Crippen molar-refractivity contribution in [3.63, 3.8) is 0 Å². The highest BCUT2D eigenvalue weighted by molar-refractivity contribution is 8.02. The summed E-state index contributed by atoms with van der Waals surface area (Å²) in [7, 11) is 0. The van der Waals surface area contributed by atoms with Gasteiger partial charge < -0.3 is 41.6 Å². The molecule has 0 saturated carbocycles. The molecule has 3 amide bonds. The SMILES string of the molecule is CC[C@@]1(O)C(=O)OC(=O)C2=C1C=C1c3nc4ccc(NC(=O)[C@H](CCCCN)NC(=O)COCC(N)=O)c5c4c(c3CN1C2)C=CS5. The zero-order valence-corrected chi connectivity index (χ0v) is 26.4. The second kappa shape index (κ2) is 12.9. The summed E-state index contributed by atoms with van der Waals surface area (Å²) in [4.78, 5) is 69.9. The van der Waals surface area contributed by atoms with Crippen LogP contribution in [0.15, 0.2) is 39.7 Å². The molecule has 0 fully saturated rings. The van der Waals surface area contributed by atoms with E-state index in [-0.39, 0.29) is 24.1 Å². The number of pyridine rings is 1. The second-order valence-corrected chi connectivity index (χ2v) is 12.5. The average molecular weight is 663 g/mol. The van der Waals surface area contributed by atoms with E-state index >= 15 is 0 Å². The van der Waals surface area contributed by atoms with Gasteiger partial charge in [0.15, 0.2) is 5.60 Å². The fourth-order valence-corrected chi connectivity index (χ4v) is 7.16. The van der Waals surface area contributed by atoms with Crippen molar-refractivity contribution < 1.29 is 38.6 Å². The van der Waals surface area contributed by atoms with Crippen molar-refractivity contribution in [3.05, 3.63) is 51.6 Å². The number of primary amides is 1. The van der Waals surface area contributed by atoms with Gasteiger partial charge >= 0.3 is 11.9 Å². The topological polar surface area (TPSA) is 216 Å². The number of carbonyl (C=O) groups excluding carboxylic acids is 5. The van der Waals surface area contributed by atoms with E-state index in [2.05, 4.69) is 10.6 Å². The van der Waals surface area contributed by atoms with Gasteiger partial charge in [-0.1, -0.05) is 18.7 Å². The summed E-state index contributed by atoms with van der Waals surface area (Å²) in [5, 5.41) is 19.6. The van der Waals surface area contributed by atoms with Gasteiger partial charge in [-0.05, 0) is 67.5 Å². The number of benzene rings is 1. The largest absolute Gasteiger partial charge is 0.387 e. The summed E-state index contributed by atoms with van der Waals surface area (Å²) in [5.41, 5.74) is 13.7. The summed E-state index contributed by atoms with van der Waals surface area (Å²) in [5.74, 6) is -3.43. The molecule has 47 heavy (non-hydrogen) atoms. The second-order valence-electron chi connectivity index (χ2n) is 11.6.